The molecule has 0 amide bonds. The zero-order valence-electron chi connectivity index (χ0n) is 9.71. The Balaban J connectivity index is 2.73. The van der Waals surface area contributed by atoms with E-state index in [-0.39, 0.29) is 11.9 Å². The average molecular weight is 234 g/mol. The summed E-state index contributed by atoms with van der Waals surface area (Å²) in [6.07, 6.45) is 1.92. The van der Waals surface area contributed by atoms with E-state index in [1.807, 2.05) is 13.8 Å². The molecule has 0 saturated carbocycles. The molecule has 17 heavy (non-hydrogen) atoms. The van der Waals surface area contributed by atoms with Gasteiger partial charge in [0.1, 0.15) is 5.75 Å². The smallest absolute Gasteiger partial charge is 0.328 e. The van der Waals surface area contributed by atoms with Crippen LogP contribution in [-0.4, -0.2) is 23.0 Å². The van der Waals surface area contributed by atoms with Crippen LogP contribution >= 0.6 is 0 Å². The first kappa shape index (κ1) is 13.0. The van der Waals surface area contributed by atoms with Crippen LogP contribution in [0.5, 0.6) is 5.75 Å². The highest BCUT2D eigenvalue weighted by molar-refractivity contribution is 6.06. The van der Waals surface area contributed by atoms with Crippen LogP contribution in [0.15, 0.2) is 36.4 Å². The van der Waals surface area contributed by atoms with Gasteiger partial charge in [0.15, 0.2) is 5.78 Å². The van der Waals surface area contributed by atoms with Crippen LogP contribution < -0.4 is 4.74 Å². The predicted molar refractivity (Wildman–Crippen MR) is 63.3 cm³/mol. The fourth-order valence-corrected chi connectivity index (χ4v) is 1.21. The third kappa shape index (κ3) is 4.51. The summed E-state index contributed by atoms with van der Waals surface area (Å²) in [6.45, 7) is 3.82. The quantitative estimate of drug-likeness (QED) is 0.627. The molecule has 1 aromatic carbocycles. The standard InChI is InChI=1S/C13H14O4/c1-9(2)17-11-5-3-10(4-6-11)12(14)7-8-13(15)16/h3-9H,1-2H3,(H,15,16)/b8-7+. The molecule has 0 aliphatic carbocycles. The van der Waals surface area contributed by atoms with Gasteiger partial charge in [-0.25, -0.2) is 4.79 Å². The van der Waals surface area contributed by atoms with Crippen molar-refractivity contribution in [2.45, 2.75) is 20.0 Å². The third-order valence-corrected chi connectivity index (χ3v) is 1.89. The van der Waals surface area contributed by atoms with Gasteiger partial charge in [-0.05, 0) is 44.2 Å². The van der Waals surface area contributed by atoms with Gasteiger partial charge in [0.25, 0.3) is 0 Å². The first-order valence-electron chi connectivity index (χ1n) is 5.21. The number of hydrogen-bond donors (Lipinski definition) is 1. The van der Waals surface area contributed by atoms with Gasteiger partial charge in [0.05, 0.1) is 6.10 Å². The number of benzene rings is 1. The van der Waals surface area contributed by atoms with Crippen molar-refractivity contribution in [1.82, 2.24) is 0 Å². The van der Waals surface area contributed by atoms with Gasteiger partial charge in [-0.15, -0.1) is 0 Å². The number of carboxylic acids is 1. The minimum Gasteiger partial charge on any atom is -0.491 e. The molecule has 0 aliphatic heterocycles. The molecule has 0 atom stereocenters. The second-order valence-electron chi connectivity index (χ2n) is 3.73. The lowest BCUT2D eigenvalue weighted by molar-refractivity contribution is -0.131. The summed E-state index contributed by atoms with van der Waals surface area (Å²) in [6, 6.07) is 6.57. The molecule has 4 heteroatoms. The zero-order chi connectivity index (χ0) is 12.8. The second kappa shape index (κ2) is 5.84. The largest absolute Gasteiger partial charge is 0.491 e. The lowest BCUT2D eigenvalue weighted by atomic mass is 10.1. The summed E-state index contributed by atoms with van der Waals surface area (Å²) in [5.41, 5.74) is 0.429. The minimum absolute atomic E-state index is 0.0726. The van der Waals surface area contributed by atoms with Crippen molar-refractivity contribution in [2.24, 2.45) is 0 Å². The Kier molecular flexibility index (Phi) is 4.46. The summed E-state index contributed by atoms with van der Waals surface area (Å²) < 4.78 is 5.42. The molecule has 90 valence electrons. The topological polar surface area (TPSA) is 63.6 Å². The molecular weight excluding hydrogens is 220 g/mol. The lowest BCUT2D eigenvalue weighted by Gasteiger charge is -2.09. The normalized spacial score (nSPS) is 10.8. The van der Waals surface area contributed by atoms with Crippen LogP contribution in [0.1, 0.15) is 24.2 Å². The van der Waals surface area contributed by atoms with Gasteiger partial charge < -0.3 is 9.84 Å². The Morgan fingerprint density at radius 2 is 1.76 bits per heavy atom. The number of carboxylic acid groups (broad SMARTS) is 1. The number of carbonyl (C=O) groups is 2. The van der Waals surface area contributed by atoms with Crippen molar-refractivity contribution in [1.29, 1.82) is 0 Å². The van der Waals surface area contributed by atoms with E-state index in [0.29, 0.717) is 11.3 Å². The van der Waals surface area contributed by atoms with E-state index in [1.165, 1.54) is 0 Å². The Morgan fingerprint density at radius 1 is 1.18 bits per heavy atom. The molecule has 0 aliphatic rings. The van der Waals surface area contributed by atoms with Crippen LogP contribution in [0, 0.1) is 0 Å². The van der Waals surface area contributed by atoms with Gasteiger partial charge in [-0.2, -0.15) is 0 Å². The van der Waals surface area contributed by atoms with Crippen LogP contribution in [0.25, 0.3) is 0 Å². The Bertz CT molecular complexity index is 429. The molecule has 0 fully saturated rings. The fraction of sp³-hybridized carbons (Fsp3) is 0.231. The summed E-state index contributed by atoms with van der Waals surface area (Å²) in [5, 5.41) is 8.39. The van der Waals surface area contributed by atoms with E-state index >= 15 is 0 Å². The van der Waals surface area contributed by atoms with E-state index in [2.05, 4.69) is 0 Å². The molecule has 0 unspecified atom stereocenters. The number of allylic oxidation sites excluding steroid dienone is 1. The number of rotatable bonds is 5. The molecule has 4 nitrogen and oxygen atoms in total. The molecule has 1 rings (SSSR count). The lowest BCUT2D eigenvalue weighted by Crippen LogP contribution is -2.05. The number of aliphatic carboxylic acids is 1. The number of carbonyl (C=O) groups excluding carboxylic acids is 1. The summed E-state index contributed by atoms with van der Waals surface area (Å²) in [7, 11) is 0. The second-order valence-corrected chi connectivity index (χ2v) is 3.73. The van der Waals surface area contributed by atoms with Crippen LogP contribution in [0.3, 0.4) is 0 Å². The Hall–Kier alpha value is -2.10. The Labute approximate surface area is 99.5 Å². The van der Waals surface area contributed by atoms with Crippen LogP contribution in [-0.2, 0) is 4.79 Å². The highest BCUT2D eigenvalue weighted by Crippen LogP contribution is 2.14. The van der Waals surface area contributed by atoms with Crippen molar-refractivity contribution in [3.63, 3.8) is 0 Å². The number of ketones is 1. The highest BCUT2D eigenvalue weighted by Gasteiger charge is 2.03. The van der Waals surface area contributed by atoms with E-state index in [1.54, 1.807) is 24.3 Å². The predicted octanol–water partition coefficient (Wildman–Crippen LogP) is 2.30. The van der Waals surface area contributed by atoms with Crippen molar-refractivity contribution < 1.29 is 19.4 Å². The van der Waals surface area contributed by atoms with Crippen LogP contribution in [0.2, 0.25) is 0 Å². The number of hydrogen-bond acceptors (Lipinski definition) is 3. The summed E-state index contributed by atoms with van der Waals surface area (Å²) in [4.78, 5) is 21.7. The molecule has 0 aromatic heterocycles. The van der Waals surface area contributed by atoms with Crippen molar-refractivity contribution >= 4 is 11.8 Å². The van der Waals surface area contributed by atoms with E-state index in [9.17, 15) is 9.59 Å². The third-order valence-electron chi connectivity index (χ3n) is 1.89. The monoisotopic (exact) mass is 234 g/mol. The SMILES string of the molecule is CC(C)Oc1ccc(C(=O)/C=C/C(=O)O)cc1. The Morgan fingerprint density at radius 3 is 2.24 bits per heavy atom. The van der Waals surface area contributed by atoms with Gasteiger partial charge in [-0.3, -0.25) is 4.79 Å². The van der Waals surface area contributed by atoms with Gasteiger partial charge in [-0.1, -0.05) is 0 Å². The molecule has 0 spiro atoms. The maximum atomic E-state index is 11.5. The van der Waals surface area contributed by atoms with Gasteiger partial charge in [0, 0.05) is 11.6 Å². The first-order valence-corrected chi connectivity index (χ1v) is 5.21. The van der Waals surface area contributed by atoms with E-state index < -0.39 is 5.97 Å². The summed E-state index contributed by atoms with van der Waals surface area (Å²) >= 11 is 0. The molecule has 0 radical (unpaired) electrons. The van der Waals surface area contributed by atoms with E-state index in [4.69, 9.17) is 9.84 Å². The molecule has 0 saturated heterocycles. The zero-order valence-corrected chi connectivity index (χ0v) is 9.71. The maximum absolute atomic E-state index is 11.5. The van der Waals surface area contributed by atoms with Gasteiger partial charge >= 0.3 is 5.97 Å². The van der Waals surface area contributed by atoms with Crippen molar-refractivity contribution in [3.05, 3.63) is 42.0 Å². The van der Waals surface area contributed by atoms with Crippen LogP contribution in [0.4, 0.5) is 0 Å². The van der Waals surface area contributed by atoms with Crippen molar-refractivity contribution in [3.8, 4) is 5.75 Å². The molecular formula is C13H14O4. The summed E-state index contributed by atoms with van der Waals surface area (Å²) in [5.74, 6) is -0.805. The minimum atomic E-state index is -1.14. The fourth-order valence-electron chi connectivity index (χ4n) is 1.21. The first-order chi connectivity index (χ1) is 7.99. The molecule has 1 N–H and O–H groups in total. The van der Waals surface area contributed by atoms with Gasteiger partial charge in [0.2, 0.25) is 0 Å². The molecule has 1 aromatic rings. The van der Waals surface area contributed by atoms with E-state index in [0.717, 1.165) is 12.2 Å². The molecule has 0 bridgehead atoms. The average Bonchev–Trinajstić information content (AvgIpc) is 2.26. The highest BCUT2D eigenvalue weighted by atomic mass is 16.5. The maximum Gasteiger partial charge on any atom is 0.328 e. The number of ether oxygens (including phenoxy) is 1. The molecule has 0 heterocycles. The van der Waals surface area contributed by atoms with Crippen molar-refractivity contribution in [2.75, 3.05) is 0 Å².